The molecule has 1 amide bonds. The summed E-state index contributed by atoms with van der Waals surface area (Å²) in [6.07, 6.45) is 4.60. The van der Waals surface area contributed by atoms with Crippen molar-refractivity contribution in [3.8, 4) is 17.3 Å². The maximum Gasteiger partial charge on any atom is 0.293 e. The van der Waals surface area contributed by atoms with Gasteiger partial charge in [0.15, 0.2) is 17.2 Å². The molecule has 0 radical (unpaired) electrons. The van der Waals surface area contributed by atoms with Gasteiger partial charge in [0.2, 0.25) is 11.6 Å². The van der Waals surface area contributed by atoms with Crippen molar-refractivity contribution >= 4 is 17.9 Å². The standard InChI is InChI=1S/C20H25N9O4/c1-12-6-3-4-9-28(12)11-14-16(23-27-29(14)19-18(21)25-33-26-19)20(31)24-22-10-13-7-5-8-15(32-2)17(13)30/h5,7-8,10,12,30H,3-4,6,9,11H2,1-2H3,(H2,21,25)(H,24,31)/b22-10+. The molecule has 2 aromatic heterocycles. The molecule has 1 atom stereocenters. The lowest BCUT2D eigenvalue weighted by molar-refractivity contribution is 0.0945. The second-order valence-corrected chi connectivity index (χ2v) is 7.68. The van der Waals surface area contributed by atoms with E-state index in [1.54, 1.807) is 18.2 Å². The summed E-state index contributed by atoms with van der Waals surface area (Å²) >= 11 is 0. The lowest BCUT2D eigenvalue weighted by Crippen LogP contribution is -2.38. The third kappa shape index (κ3) is 4.62. The van der Waals surface area contributed by atoms with Crippen molar-refractivity contribution in [2.24, 2.45) is 5.10 Å². The van der Waals surface area contributed by atoms with E-state index in [4.69, 9.17) is 15.1 Å². The van der Waals surface area contributed by atoms with E-state index in [0.29, 0.717) is 29.6 Å². The molecule has 33 heavy (non-hydrogen) atoms. The smallest absolute Gasteiger partial charge is 0.293 e. The van der Waals surface area contributed by atoms with Gasteiger partial charge in [0.1, 0.15) is 0 Å². The second kappa shape index (κ2) is 9.65. The van der Waals surface area contributed by atoms with Crippen LogP contribution in [-0.2, 0) is 6.54 Å². The molecule has 4 N–H and O–H groups in total. The average molecular weight is 455 g/mol. The fourth-order valence-corrected chi connectivity index (χ4v) is 3.73. The van der Waals surface area contributed by atoms with Crippen molar-refractivity contribution in [3.05, 3.63) is 35.2 Å². The number of piperidine rings is 1. The van der Waals surface area contributed by atoms with Crippen LogP contribution in [0.25, 0.3) is 5.82 Å². The predicted molar refractivity (Wildman–Crippen MR) is 117 cm³/mol. The molecule has 0 saturated carbocycles. The van der Waals surface area contributed by atoms with Gasteiger partial charge in [-0.1, -0.05) is 17.7 Å². The van der Waals surface area contributed by atoms with Gasteiger partial charge in [-0.25, -0.2) is 10.1 Å². The lowest BCUT2D eigenvalue weighted by atomic mass is 10.0. The molecule has 4 rings (SSSR count). The van der Waals surface area contributed by atoms with Crippen LogP contribution >= 0.6 is 0 Å². The molecule has 13 heteroatoms. The first-order valence-electron chi connectivity index (χ1n) is 10.5. The number of phenolic OH excluding ortho intramolecular Hbond substituents is 1. The van der Waals surface area contributed by atoms with Crippen LogP contribution < -0.4 is 15.9 Å². The molecule has 0 aliphatic carbocycles. The molecule has 1 aliphatic rings. The number of ether oxygens (including phenoxy) is 1. The van der Waals surface area contributed by atoms with Crippen LogP contribution in [0.15, 0.2) is 27.9 Å². The number of nitrogen functional groups attached to an aromatic ring is 1. The molecule has 3 heterocycles. The number of hydrogen-bond acceptors (Lipinski definition) is 11. The second-order valence-electron chi connectivity index (χ2n) is 7.68. The highest BCUT2D eigenvalue weighted by atomic mass is 16.6. The third-order valence-electron chi connectivity index (χ3n) is 5.59. The molecule has 13 nitrogen and oxygen atoms in total. The normalized spacial score (nSPS) is 16.8. The minimum atomic E-state index is -0.574. The number of hydrazone groups is 1. The zero-order valence-electron chi connectivity index (χ0n) is 18.3. The maximum atomic E-state index is 12.9. The maximum absolute atomic E-state index is 12.9. The number of anilines is 1. The van der Waals surface area contributed by atoms with Crippen molar-refractivity contribution in [2.45, 2.75) is 38.8 Å². The Balaban J connectivity index is 1.59. The number of nitrogens with two attached hydrogens (primary N) is 1. The summed E-state index contributed by atoms with van der Waals surface area (Å²) in [6, 6.07) is 5.27. The number of benzene rings is 1. The Kier molecular flexibility index (Phi) is 6.49. The van der Waals surface area contributed by atoms with Gasteiger partial charge >= 0.3 is 0 Å². The minimum absolute atomic E-state index is 0.0336. The van der Waals surface area contributed by atoms with Crippen LogP contribution in [0.5, 0.6) is 11.5 Å². The molecule has 1 fully saturated rings. The summed E-state index contributed by atoms with van der Waals surface area (Å²) in [5, 5.41) is 29.6. The van der Waals surface area contributed by atoms with Crippen LogP contribution in [0.4, 0.5) is 5.82 Å². The number of nitrogens with one attached hydrogen (secondary N) is 1. The van der Waals surface area contributed by atoms with Gasteiger partial charge in [0, 0.05) is 18.2 Å². The Morgan fingerprint density at radius 1 is 1.42 bits per heavy atom. The molecule has 174 valence electrons. The highest BCUT2D eigenvalue weighted by Crippen LogP contribution is 2.28. The average Bonchev–Trinajstić information content (AvgIpc) is 3.42. The highest BCUT2D eigenvalue weighted by Gasteiger charge is 2.28. The van der Waals surface area contributed by atoms with Gasteiger partial charge < -0.3 is 15.6 Å². The lowest BCUT2D eigenvalue weighted by Gasteiger charge is -2.33. The molecule has 3 aromatic rings. The van der Waals surface area contributed by atoms with Crippen molar-refractivity contribution in [3.63, 3.8) is 0 Å². The summed E-state index contributed by atoms with van der Waals surface area (Å²) in [5.41, 5.74) is 9.21. The summed E-state index contributed by atoms with van der Waals surface area (Å²) in [7, 11) is 1.45. The number of phenols is 1. The van der Waals surface area contributed by atoms with Crippen LogP contribution in [0.1, 0.15) is 47.9 Å². The van der Waals surface area contributed by atoms with E-state index in [1.165, 1.54) is 18.0 Å². The zero-order valence-corrected chi connectivity index (χ0v) is 18.3. The summed E-state index contributed by atoms with van der Waals surface area (Å²) < 4.78 is 11.1. The number of rotatable bonds is 7. The van der Waals surface area contributed by atoms with E-state index in [9.17, 15) is 9.90 Å². The number of methoxy groups -OCH3 is 1. The van der Waals surface area contributed by atoms with E-state index in [1.807, 2.05) is 0 Å². The Labute approximate surface area is 189 Å². The van der Waals surface area contributed by atoms with E-state index < -0.39 is 5.91 Å². The number of hydrogen-bond donors (Lipinski definition) is 3. The number of likely N-dealkylation sites (tertiary alicyclic amines) is 1. The Morgan fingerprint density at radius 3 is 3.00 bits per heavy atom. The fourth-order valence-electron chi connectivity index (χ4n) is 3.73. The quantitative estimate of drug-likeness (QED) is 0.346. The first-order chi connectivity index (χ1) is 16.0. The van der Waals surface area contributed by atoms with Gasteiger partial charge in [-0.3, -0.25) is 9.69 Å². The molecule has 0 bridgehead atoms. The largest absolute Gasteiger partial charge is 0.504 e. The minimum Gasteiger partial charge on any atom is -0.504 e. The van der Waals surface area contributed by atoms with Crippen LogP contribution in [0.2, 0.25) is 0 Å². The number of nitrogens with zero attached hydrogens (tertiary/aromatic N) is 7. The number of aromatic nitrogens is 5. The number of aromatic hydroxyl groups is 1. The fraction of sp³-hybridized carbons (Fsp3) is 0.400. The van der Waals surface area contributed by atoms with Crippen LogP contribution in [0.3, 0.4) is 0 Å². The number of carbonyl (C=O) groups is 1. The number of carbonyl (C=O) groups excluding carboxylic acids is 1. The van der Waals surface area contributed by atoms with E-state index in [2.05, 4.69) is 43.0 Å². The summed E-state index contributed by atoms with van der Waals surface area (Å²) in [4.78, 5) is 15.2. The predicted octanol–water partition coefficient (Wildman–Crippen LogP) is 1.08. The molecule has 1 saturated heterocycles. The topological polar surface area (TPSA) is 170 Å². The van der Waals surface area contributed by atoms with Crippen molar-refractivity contribution in [1.82, 2.24) is 35.6 Å². The zero-order chi connectivity index (χ0) is 23.4. The van der Waals surface area contributed by atoms with Crippen molar-refractivity contribution in [2.75, 3.05) is 19.4 Å². The van der Waals surface area contributed by atoms with Gasteiger partial charge in [0.25, 0.3) is 5.91 Å². The molecular weight excluding hydrogens is 430 g/mol. The van der Waals surface area contributed by atoms with E-state index in [-0.39, 0.29) is 23.1 Å². The van der Waals surface area contributed by atoms with Crippen LogP contribution in [0, 0.1) is 0 Å². The Morgan fingerprint density at radius 2 is 2.27 bits per heavy atom. The van der Waals surface area contributed by atoms with E-state index >= 15 is 0 Å². The van der Waals surface area contributed by atoms with Crippen molar-refractivity contribution in [1.29, 1.82) is 0 Å². The molecule has 1 unspecified atom stereocenters. The first-order valence-corrected chi connectivity index (χ1v) is 10.5. The molecular formula is C20H25N9O4. The Bertz CT molecular complexity index is 1160. The number of amides is 1. The van der Waals surface area contributed by atoms with Crippen LogP contribution in [-0.4, -0.2) is 67.1 Å². The number of para-hydroxylation sites is 1. The van der Waals surface area contributed by atoms with Gasteiger partial charge in [-0.05, 0) is 48.8 Å². The first kappa shape index (κ1) is 22.2. The van der Waals surface area contributed by atoms with E-state index in [0.717, 1.165) is 25.8 Å². The Hall–Kier alpha value is -4.00. The molecule has 0 spiro atoms. The molecule has 1 aromatic carbocycles. The van der Waals surface area contributed by atoms with Gasteiger partial charge in [0.05, 0.1) is 19.0 Å². The summed E-state index contributed by atoms with van der Waals surface area (Å²) in [5.74, 6) is -0.172. The van der Waals surface area contributed by atoms with Gasteiger partial charge in [-0.15, -0.1) is 5.10 Å². The molecule has 1 aliphatic heterocycles. The van der Waals surface area contributed by atoms with Gasteiger partial charge in [-0.2, -0.15) is 9.78 Å². The third-order valence-corrected chi connectivity index (χ3v) is 5.59. The van der Waals surface area contributed by atoms with Crippen molar-refractivity contribution < 1.29 is 19.3 Å². The highest BCUT2D eigenvalue weighted by molar-refractivity contribution is 5.94. The summed E-state index contributed by atoms with van der Waals surface area (Å²) in [6.45, 7) is 3.43. The monoisotopic (exact) mass is 455 g/mol. The SMILES string of the molecule is COc1cccc(/C=N/NC(=O)c2nnn(-c3nonc3N)c2CN2CCCCC2C)c1O.